The molecule has 0 bridgehead atoms. The lowest BCUT2D eigenvalue weighted by molar-refractivity contribution is 0.0953. The molecular formula is C20H17N3O3. The maximum absolute atomic E-state index is 12.0. The molecule has 6 nitrogen and oxygen atoms in total. The highest BCUT2D eigenvalue weighted by Gasteiger charge is 2.09. The Hall–Kier alpha value is -3.67. The lowest BCUT2D eigenvalue weighted by atomic mass is 10.1. The van der Waals surface area contributed by atoms with Crippen LogP contribution in [0.4, 0.5) is 5.69 Å². The highest BCUT2D eigenvalue weighted by atomic mass is 16.3. The van der Waals surface area contributed by atoms with Crippen LogP contribution in [-0.4, -0.2) is 17.5 Å². The van der Waals surface area contributed by atoms with Gasteiger partial charge in [-0.15, -0.1) is 0 Å². The van der Waals surface area contributed by atoms with Crippen molar-refractivity contribution in [3.63, 3.8) is 0 Å². The van der Waals surface area contributed by atoms with Gasteiger partial charge < -0.3 is 9.73 Å². The molecule has 6 heteroatoms. The number of furan rings is 1. The van der Waals surface area contributed by atoms with Gasteiger partial charge in [0.1, 0.15) is 0 Å². The van der Waals surface area contributed by atoms with Crippen LogP contribution in [0.1, 0.15) is 33.4 Å². The highest BCUT2D eigenvalue weighted by molar-refractivity contribution is 6.04. The minimum atomic E-state index is -0.334. The van der Waals surface area contributed by atoms with Crippen LogP contribution in [0.15, 0.2) is 82.5 Å². The zero-order valence-electron chi connectivity index (χ0n) is 14.1. The largest absolute Gasteiger partial charge is 0.459 e. The fourth-order valence-electron chi connectivity index (χ4n) is 2.28. The molecule has 0 aliphatic rings. The Labute approximate surface area is 150 Å². The monoisotopic (exact) mass is 347 g/mol. The molecule has 3 aromatic rings. The van der Waals surface area contributed by atoms with E-state index < -0.39 is 0 Å². The number of hydrogen-bond donors (Lipinski definition) is 2. The first-order valence-corrected chi connectivity index (χ1v) is 7.98. The van der Waals surface area contributed by atoms with Crippen LogP contribution in [0.5, 0.6) is 0 Å². The summed E-state index contributed by atoms with van der Waals surface area (Å²) >= 11 is 0. The van der Waals surface area contributed by atoms with Gasteiger partial charge in [0.2, 0.25) is 0 Å². The number of benzene rings is 2. The third-order valence-electron chi connectivity index (χ3n) is 3.64. The molecule has 2 N–H and O–H groups in total. The van der Waals surface area contributed by atoms with Crippen molar-refractivity contribution in [2.75, 3.05) is 5.32 Å². The van der Waals surface area contributed by atoms with Crippen LogP contribution in [0.3, 0.4) is 0 Å². The molecule has 0 aliphatic heterocycles. The standard InChI is InChI=1S/C20H17N3O3/c1-14(22-23-19(24)15-7-3-2-4-8-15)16-9-5-10-17(13-16)21-20(25)18-11-6-12-26-18/h2-13H,1H3,(H,21,25)(H,23,24). The molecule has 1 aromatic heterocycles. The van der Waals surface area contributed by atoms with E-state index in [1.807, 2.05) is 12.1 Å². The molecule has 26 heavy (non-hydrogen) atoms. The number of nitrogens with zero attached hydrogens (tertiary/aromatic N) is 1. The second kappa shape index (κ2) is 7.94. The summed E-state index contributed by atoms with van der Waals surface area (Å²) < 4.78 is 5.07. The molecule has 0 aliphatic carbocycles. The summed E-state index contributed by atoms with van der Waals surface area (Å²) in [6, 6.07) is 19.3. The molecular weight excluding hydrogens is 330 g/mol. The maximum atomic E-state index is 12.0. The van der Waals surface area contributed by atoms with Gasteiger partial charge in [0.05, 0.1) is 12.0 Å². The Morgan fingerprint density at radius 1 is 0.885 bits per heavy atom. The van der Waals surface area contributed by atoms with Crippen molar-refractivity contribution < 1.29 is 14.0 Å². The van der Waals surface area contributed by atoms with Gasteiger partial charge in [0.15, 0.2) is 5.76 Å². The molecule has 130 valence electrons. The summed E-state index contributed by atoms with van der Waals surface area (Å²) in [5.74, 6) is -0.387. The van der Waals surface area contributed by atoms with Crippen LogP contribution < -0.4 is 10.7 Å². The molecule has 2 aromatic carbocycles. The van der Waals surface area contributed by atoms with Gasteiger partial charge in [0.25, 0.3) is 11.8 Å². The van der Waals surface area contributed by atoms with Crippen molar-refractivity contribution in [3.8, 4) is 0 Å². The van der Waals surface area contributed by atoms with Crippen LogP contribution in [0.25, 0.3) is 0 Å². The molecule has 0 fully saturated rings. The second-order valence-electron chi connectivity index (χ2n) is 5.52. The van der Waals surface area contributed by atoms with E-state index in [0.717, 1.165) is 5.56 Å². The van der Waals surface area contributed by atoms with Crippen molar-refractivity contribution in [1.82, 2.24) is 5.43 Å². The molecule has 1 heterocycles. The van der Waals surface area contributed by atoms with E-state index >= 15 is 0 Å². The molecule has 0 radical (unpaired) electrons. The van der Waals surface area contributed by atoms with Crippen LogP contribution >= 0.6 is 0 Å². The van der Waals surface area contributed by atoms with Crippen molar-refractivity contribution in [2.24, 2.45) is 5.10 Å². The number of nitrogens with one attached hydrogen (secondary N) is 2. The van der Waals surface area contributed by atoms with Gasteiger partial charge in [-0.3, -0.25) is 9.59 Å². The van der Waals surface area contributed by atoms with Crippen LogP contribution in [0.2, 0.25) is 0 Å². The highest BCUT2D eigenvalue weighted by Crippen LogP contribution is 2.13. The Balaban J connectivity index is 1.68. The minimum Gasteiger partial charge on any atom is -0.459 e. The van der Waals surface area contributed by atoms with Crippen molar-refractivity contribution in [2.45, 2.75) is 6.92 Å². The molecule has 2 amide bonds. The smallest absolute Gasteiger partial charge is 0.291 e. The second-order valence-corrected chi connectivity index (χ2v) is 5.52. The van der Waals surface area contributed by atoms with E-state index in [-0.39, 0.29) is 17.6 Å². The van der Waals surface area contributed by atoms with Crippen LogP contribution in [-0.2, 0) is 0 Å². The Kier molecular flexibility index (Phi) is 5.24. The Bertz CT molecular complexity index is 932. The first kappa shape index (κ1) is 17.2. The number of anilines is 1. The first-order valence-electron chi connectivity index (χ1n) is 7.98. The van der Waals surface area contributed by atoms with E-state index in [4.69, 9.17) is 4.42 Å². The summed E-state index contributed by atoms with van der Waals surface area (Å²) in [5.41, 5.74) is 5.05. The average molecular weight is 347 g/mol. The molecule has 3 rings (SSSR count). The maximum Gasteiger partial charge on any atom is 0.291 e. The fraction of sp³-hybridized carbons (Fsp3) is 0.0500. The lowest BCUT2D eigenvalue weighted by Gasteiger charge is -2.07. The zero-order valence-corrected chi connectivity index (χ0v) is 14.1. The van der Waals surface area contributed by atoms with Gasteiger partial charge in [-0.05, 0) is 48.9 Å². The number of hydrogen-bond acceptors (Lipinski definition) is 4. The first-order chi connectivity index (χ1) is 12.6. The number of carbonyl (C=O) groups excluding carboxylic acids is 2. The third-order valence-corrected chi connectivity index (χ3v) is 3.64. The average Bonchev–Trinajstić information content (AvgIpc) is 3.22. The summed E-state index contributed by atoms with van der Waals surface area (Å²) in [4.78, 5) is 24.1. The molecule has 0 saturated heterocycles. The zero-order chi connectivity index (χ0) is 18.4. The SMILES string of the molecule is CC(=NNC(=O)c1ccccc1)c1cccc(NC(=O)c2ccco2)c1. The third kappa shape index (κ3) is 4.24. The van der Waals surface area contributed by atoms with E-state index in [0.29, 0.717) is 17.0 Å². The lowest BCUT2D eigenvalue weighted by Crippen LogP contribution is -2.19. The van der Waals surface area contributed by atoms with Gasteiger partial charge >= 0.3 is 0 Å². The van der Waals surface area contributed by atoms with E-state index in [1.54, 1.807) is 61.5 Å². The number of hydrazone groups is 1. The molecule has 0 atom stereocenters. The summed E-state index contributed by atoms with van der Waals surface area (Å²) in [6.45, 7) is 1.78. The minimum absolute atomic E-state index is 0.232. The predicted molar refractivity (Wildman–Crippen MR) is 99.2 cm³/mol. The topological polar surface area (TPSA) is 83.7 Å². The van der Waals surface area contributed by atoms with Gasteiger partial charge in [0, 0.05) is 11.3 Å². The van der Waals surface area contributed by atoms with Crippen LogP contribution in [0, 0.1) is 0 Å². The molecule has 0 unspecified atom stereocenters. The van der Waals surface area contributed by atoms with Gasteiger partial charge in [-0.1, -0.05) is 30.3 Å². The van der Waals surface area contributed by atoms with Crippen molar-refractivity contribution in [3.05, 3.63) is 89.9 Å². The van der Waals surface area contributed by atoms with Gasteiger partial charge in [-0.2, -0.15) is 5.10 Å². The predicted octanol–water partition coefficient (Wildman–Crippen LogP) is 3.69. The van der Waals surface area contributed by atoms with Gasteiger partial charge in [-0.25, -0.2) is 5.43 Å². The fourth-order valence-corrected chi connectivity index (χ4v) is 2.28. The van der Waals surface area contributed by atoms with Crippen molar-refractivity contribution in [1.29, 1.82) is 0 Å². The number of carbonyl (C=O) groups is 2. The Morgan fingerprint density at radius 3 is 2.38 bits per heavy atom. The molecule has 0 saturated carbocycles. The number of amides is 2. The van der Waals surface area contributed by atoms with E-state index in [9.17, 15) is 9.59 Å². The van der Waals surface area contributed by atoms with Crippen molar-refractivity contribution >= 4 is 23.2 Å². The molecule has 0 spiro atoms. The quantitative estimate of drug-likeness (QED) is 0.545. The summed E-state index contributed by atoms with van der Waals surface area (Å²) in [6.07, 6.45) is 1.44. The number of rotatable bonds is 5. The summed E-state index contributed by atoms with van der Waals surface area (Å²) in [7, 11) is 0. The van der Waals surface area contributed by atoms with E-state index in [2.05, 4.69) is 15.8 Å². The normalized spacial score (nSPS) is 11.0. The summed E-state index contributed by atoms with van der Waals surface area (Å²) in [5, 5.41) is 6.88. The Morgan fingerprint density at radius 2 is 1.65 bits per heavy atom. The van der Waals surface area contributed by atoms with E-state index in [1.165, 1.54) is 6.26 Å².